The predicted octanol–water partition coefficient (Wildman–Crippen LogP) is 0.580. The van der Waals surface area contributed by atoms with Crippen molar-refractivity contribution >= 4 is 11.9 Å². The zero-order chi connectivity index (χ0) is 8.97. The highest BCUT2D eigenvalue weighted by molar-refractivity contribution is 5.78. The molecule has 0 aromatic carbocycles. The molecule has 0 aliphatic carbocycles. The van der Waals surface area contributed by atoms with Gasteiger partial charge in [-0.3, -0.25) is 0 Å². The number of nitrogens with zero attached hydrogens (tertiary/aromatic N) is 2. The lowest BCUT2D eigenvalue weighted by atomic mass is 10.3. The number of hydrogen-bond donors (Lipinski definition) is 0. The van der Waals surface area contributed by atoms with Gasteiger partial charge in [0.1, 0.15) is 0 Å². The molecule has 0 aromatic heterocycles. The molecule has 6 heteroatoms. The summed E-state index contributed by atoms with van der Waals surface area (Å²) in [6.45, 7) is 1.81. The molecule has 0 fully saturated rings. The molecule has 1 heterocycles. The average Bonchev–Trinajstić information content (AvgIpc) is 2.83. The van der Waals surface area contributed by atoms with E-state index in [1.807, 2.05) is 6.92 Å². The maximum Gasteiger partial charge on any atom is 0.405 e. The summed E-state index contributed by atoms with van der Waals surface area (Å²) in [5, 5.41) is 6.57. The molecule has 6 nitrogen and oxygen atoms in total. The van der Waals surface area contributed by atoms with Crippen LogP contribution in [0.1, 0.15) is 19.8 Å². The summed E-state index contributed by atoms with van der Waals surface area (Å²) in [4.78, 5) is 29.5. The van der Waals surface area contributed by atoms with Crippen LogP contribution in [-0.4, -0.2) is 18.1 Å². The summed E-state index contributed by atoms with van der Waals surface area (Å²) >= 11 is 0. The van der Waals surface area contributed by atoms with Gasteiger partial charge in [0, 0.05) is 6.42 Å². The second-order valence-electron chi connectivity index (χ2n) is 2.21. The first kappa shape index (κ1) is 8.63. The van der Waals surface area contributed by atoms with Gasteiger partial charge in [-0.25, -0.2) is 19.4 Å². The van der Waals surface area contributed by atoms with Crippen LogP contribution in [0.4, 0.5) is 0 Å². The molecule has 12 heavy (non-hydrogen) atoms. The van der Waals surface area contributed by atoms with E-state index in [4.69, 9.17) is 0 Å². The van der Waals surface area contributed by atoms with E-state index in [1.165, 1.54) is 0 Å². The van der Waals surface area contributed by atoms with E-state index in [0.717, 1.165) is 0 Å². The van der Waals surface area contributed by atoms with Crippen LogP contribution in [0, 0.1) is 0 Å². The van der Waals surface area contributed by atoms with E-state index in [1.54, 1.807) is 0 Å². The molecule has 0 aromatic rings. The molecule has 0 saturated carbocycles. The van der Waals surface area contributed by atoms with E-state index in [9.17, 15) is 9.59 Å². The van der Waals surface area contributed by atoms with Gasteiger partial charge in [-0.05, 0) is 6.42 Å². The maximum atomic E-state index is 10.6. The number of rotatable bonds is 3. The van der Waals surface area contributed by atoms with Crippen molar-refractivity contribution in [2.75, 3.05) is 0 Å². The lowest BCUT2D eigenvalue weighted by molar-refractivity contribution is -0.258. The van der Waals surface area contributed by atoms with Crippen molar-refractivity contribution < 1.29 is 19.4 Å². The maximum absolute atomic E-state index is 10.6. The molecule has 1 aliphatic rings. The normalized spacial score (nSPS) is 14.1. The van der Waals surface area contributed by atoms with Crippen LogP contribution in [0.15, 0.2) is 10.2 Å². The van der Waals surface area contributed by atoms with Gasteiger partial charge < -0.3 is 0 Å². The van der Waals surface area contributed by atoms with Gasteiger partial charge in [0.2, 0.25) is 0 Å². The molecule has 0 unspecified atom stereocenters. The van der Waals surface area contributed by atoms with Crippen molar-refractivity contribution in [3.8, 4) is 0 Å². The molecule has 1 rings (SSSR count). The summed E-state index contributed by atoms with van der Waals surface area (Å²) in [5.41, 5.74) is 0. The summed E-state index contributed by atoms with van der Waals surface area (Å²) in [6.07, 6.45) is 0.0975. The summed E-state index contributed by atoms with van der Waals surface area (Å²) < 4.78 is 0. The fourth-order valence-corrected chi connectivity index (χ4v) is 0.504. The van der Waals surface area contributed by atoms with Gasteiger partial charge in [0.25, 0.3) is 6.17 Å². The van der Waals surface area contributed by atoms with E-state index < -0.39 is 18.1 Å². The van der Waals surface area contributed by atoms with Crippen LogP contribution in [-0.2, 0) is 19.4 Å². The standard InChI is InChI=1S/C6H8N2O4/c1-2-3-4(9)11-12-6(10)5-7-8-5/h5H,2-3H2,1H3. The Labute approximate surface area is 68.5 Å². The Kier molecular flexibility index (Phi) is 2.73. The van der Waals surface area contributed by atoms with Crippen molar-refractivity contribution in [1.29, 1.82) is 0 Å². The van der Waals surface area contributed by atoms with Crippen molar-refractivity contribution in [3.63, 3.8) is 0 Å². The lowest BCUT2D eigenvalue weighted by Gasteiger charge is -1.98. The molecule has 0 spiro atoms. The Balaban J connectivity index is 2.07. The minimum absolute atomic E-state index is 0.228. The quantitative estimate of drug-likeness (QED) is 0.460. The fraction of sp³-hybridized carbons (Fsp3) is 0.667. The first-order chi connectivity index (χ1) is 5.74. The predicted molar refractivity (Wildman–Crippen MR) is 35.7 cm³/mol. The molecular formula is C6H8N2O4. The van der Waals surface area contributed by atoms with Crippen LogP contribution in [0.3, 0.4) is 0 Å². The molecule has 0 bridgehead atoms. The average molecular weight is 172 g/mol. The van der Waals surface area contributed by atoms with Gasteiger partial charge in [-0.2, -0.15) is 0 Å². The highest BCUT2D eigenvalue weighted by Crippen LogP contribution is 2.11. The van der Waals surface area contributed by atoms with E-state index in [-0.39, 0.29) is 6.42 Å². The Morgan fingerprint density at radius 3 is 2.50 bits per heavy atom. The van der Waals surface area contributed by atoms with E-state index in [0.29, 0.717) is 6.42 Å². The van der Waals surface area contributed by atoms with Crippen molar-refractivity contribution in [1.82, 2.24) is 0 Å². The molecular weight excluding hydrogens is 164 g/mol. The molecule has 0 radical (unpaired) electrons. The second-order valence-corrected chi connectivity index (χ2v) is 2.21. The number of carbonyl (C=O) groups is 2. The van der Waals surface area contributed by atoms with Crippen LogP contribution in [0.25, 0.3) is 0 Å². The zero-order valence-corrected chi connectivity index (χ0v) is 6.52. The number of carbonyl (C=O) groups excluding carboxylic acids is 2. The van der Waals surface area contributed by atoms with Crippen LogP contribution >= 0.6 is 0 Å². The largest absolute Gasteiger partial charge is 0.405 e. The minimum atomic E-state index is -0.778. The Bertz CT molecular complexity index is 220. The van der Waals surface area contributed by atoms with Crippen LogP contribution < -0.4 is 0 Å². The van der Waals surface area contributed by atoms with Crippen LogP contribution in [0.5, 0.6) is 0 Å². The monoisotopic (exact) mass is 172 g/mol. The lowest BCUT2D eigenvalue weighted by Crippen LogP contribution is -2.15. The summed E-state index contributed by atoms with van der Waals surface area (Å²) in [6, 6.07) is 0. The first-order valence-corrected chi connectivity index (χ1v) is 3.55. The Morgan fingerprint density at radius 2 is 2.00 bits per heavy atom. The Hall–Kier alpha value is -1.46. The molecule has 0 N–H and O–H groups in total. The van der Waals surface area contributed by atoms with E-state index >= 15 is 0 Å². The third kappa shape index (κ3) is 2.65. The minimum Gasteiger partial charge on any atom is -0.247 e. The highest BCUT2D eigenvalue weighted by Gasteiger charge is 2.29. The van der Waals surface area contributed by atoms with Crippen molar-refractivity contribution in [2.24, 2.45) is 10.2 Å². The molecule has 0 atom stereocenters. The Morgan fingerprint density at radius 1 is 1.33 bits per heavy atom. The van der Waals surface area contributed by atoms with Gasteiger partial charge in [-0.15, -0.1) is 10.2 Å². The first-order valence-electron chi connectivity index (χ1n) is 3.55. The van der Waals surface area contributed by atoms with Gasteiger partial charge in [-0.1, -0.05) is 6.92 Å². The van der Waals surface area contributed by atoms with Crippen molar-refractivity contribution in [2.45, 2.75) is 25.9 Å². The SMILES string of the molecule is CCCC(=O)OOC(=O)C1N=N1. The number of hydrogen-bond acceptors (Lipinski definition) is 6. The topological polar surface area (TPSA) is 77.3 Å². The van der Waals surface area contributed by atoms with Crippen molar-refractivity contribution in [3.05, 3.63) is 0 Å². The second kappa shape index (κ2) is 3.80. The van der Waals surface area contributed by atoms with Gasteiger partial charge in [0.05, 0.1) is 0 Å². The van der Waals surface area contributed by atoms with Gasteiger partial charge in [0.15, 0.2) is 0 Å². The zero-order valence-electron chi connectivity index (χ0n) is 6.52. The molecule has 66 valence electrons. The molecule has 0 saturated heterocycles. The van der Waals surface area contributed by atoms with E-state index in [2.05, 4.69) is 20.0 Å². The highest BCUT2D eigenvalue weighted by atomic mass is 17.2. The smallest absolute Gasteiger partial charge is 0.247 e. The summed E-state index contributed by atoms with van der Waals surface area (Å²) in [7, 11) is 0. The third-order valence-corrected chi connectivity index (χ3v) is 1.11. The third-order valence-electron chi connectivity index (χ3n) is 1.11. The molecule has 0 amide bonds. The molecule has 1 aliphatic heterocycles. The van der Waals surface area contributed by atoms with Crippen LogP contribution in [0.2, 0.25) is 0 Å². The fourth-order valence-electron chi connectivity index (χ4n) is 0.504. The summed E-state index contributed by atoms with van der Waals surface area (Å²) in [5.74, 6) is -1.31. The van der Waals surface area contributed by atoms with Gasteiger partial charge >= 0.3 is 11.9 Å².